The average molecular weight is 319 g/mol. The van der Waals surface area contributed by atoms with E-state index in [9.17, 15) is 9.90 Å². The molecule has 0 spiro atoms. The molecule has 2 aromatic heterocycles. The maximum absolute atomic E-state index is 12.4. The van der Waals surface area contributed by atoms with Crippen LogP contribution in [0.15, 0.2) is 29.9 Å². The van der Waals surface area contributed by atoms with E-state index in [0.717, 1.165) is 16.3 Å². The Kier molecular flexibility index (Phi) is 5.63. The van der Waals surface area contributed by atoms with Gasteiger partial charge in [0.2, 0.25) is 5.91 Å². The number of hydrogen-bond acceptors (Lipinski definition) is 5. The van der Waals surface area contributed by atoms with Crippen LogP contribution in [0.2, 0.25) is 0 Å². The second-order valence-corrected chi connectivity index (χ2v) is 6.41. The molecule has 0 aliphatic carbocycles. The van der Waals surface area contributed by atoms with Crippen LogP contribution in [0.3, 0.4) is 0 Å². The van der Waals surface area contributed by atoms with Gasteiger partial charge in [0.15, 0.2) is 0 Å². The van der Waals surface area contributed by atoms with Crippen molar-refractivity contribution < 1.29 is 9.90 Å². The first kappa shape index (κ1) is 16.6. The highest BCUT2D eigenvalue weighted by atomic mass is 32.1. The second-order valence-electron chi connectivity index (χ2n) is 5.55. The lowest BCUT2D eigenvalue weighted by Gasteiger charge is -2.27. The SMILES string of the molecule is CC(O)CN(C(=O)Cc1csc(-c2cccnc2)n1)C(C)C. The number of carbonyl (C=O) groups is 1. The van der Waals surface area contributed by atoms with Crippen molar-refractivity contribution >= 4 is 17.2 Å². The Morgan fingerprint density at radius 3 is 2.77 bits per heavy atom. The average Bonchev–Trinajstić information content (AvgIpc) is 2.93. The van der Waals surface area contributed by atoms with Gasteiger partial charge in [0, 0.05) is 35.9 Å². The number of aromatic nitrogens is 2. The van der Waals surface area contributed by atoms with Gasteiger partial charge in [-0.3, -0.25) is 9.78 Å². The normalized spacial score (nSPS) is 12.4. The van der Waals surface area contributed by atoms with Crippen LogP contribution in [-0.4, -0.2) is 44.6 Å². The Morgan fingerprint density at radius 1 is 1.41 bits per heavy atom. The lowest BCUT2D eigenvalue weighted by atomic mass is 10.2. The molecule has 0 aromatic carbocycles. The summed E-state index contributed by atoms with van der Waals surface area (Å²) in [5.41, 5.74) is 1.71. The minimum Gasteiger partial charge on any atom is -0.392 e. The molecule has 0 bridgehead atoms. The van der Waals surface area contributed by atoms with Crippen molar-refractivity contribution in [2.45, 2.75) is 39.3 Å². The Morgan fingerprint density at radius 2 is 2.18 bits per heavy atom. The van der Waals surface area contributed by atoms with Gasteiger partial charge in [0.05, 0.1) is 18.2 Å². The van der Waals surface area contributed by atoms with Crippen molar-refractivity contribution in [3.8, 4) is 10.6 Å². The van der Waals surface area contributed by atoms with Gasteiger partial charge in [-0.1, -0.05) is 0 Å². The molecule has 0 aliphatic heterocycles. The van der Waals surface area contributed by atoms with E-state index in [-0.39, 0.29) is 18.4 Å². The molecule has 0 saturated heterocycles. The number of aliphatic hydroxyl groups excluding tert-OH is 1. The first-order valence-electron chi connectivity index (χ1n) is 7.29. The van der Waals surface area contributed by atoms with Crippen molar-refractivity contribution in [3.63, 3.8) is 0 Å². The van der Waals surface area contributed by atoms with E-state index < -0.39 is 6.10 Å². The van der Waals surface area contributed by atoms with Crippen molar-refractivity contribution in [3.05, 3.63) is 35.6 Å². The van der Waals surface area contributed by atoms with E-state index in [1.165, 1.54) is 11.3 Å². The smallest absolute Gasteiger partial charge is 0.228 e. The zero-order valence-corrected chi connectivity index (χ0v) is 13.9. The summed E-state index contributed by atoms with van der Waals surface area (Å²) in [4.78, 5) is 22.7. The van der Waals surface area contributed by atoms with Gasteiger partial charge in [-0.05, 0) is 32.9 Å². The predicted octanol–water partition coefficient (Wildman–Crippen LogP) is 2.37. The summed E-state index contributed by atoms with van der Waals surface area (Å²) in [6, 6.07) is 3.87. The van der Waals surface area contributed by atoms with E-state index in [4.69, 9.17) is 0 Å². The Hall–Kier alpha value is -1.79. The van der Waals surface area contributed by atoms with Crippen LogP contribution >= 0.6 is 11.3 Å². The summed E-state index contributed by atoms with van der Waals surface area (Å²) in [6.07, 6.45) is 3.20. The monoisotopic (exact) mass is 319 g/mol. The maximum Gasteiger partial charge on any atom is 0.228 e. The topological polar surface area (TPSA) is 66.3 Å². The molecule has 1 amide bonds. The molecule has 118 valence electrons. The highest BCUT2D eigenvalue weighted by Crippen LogP contribution is 2.23. The zero-order valence-electron chi connectivity index (χ0n) is 13.1. The fraction of sp³-hybridized carbons (Fsp3) is 0.438. The number of aliphatic hydroxyl groups is 1. The standard InChI is InChI=1S/C16H21N3O2S/c1-11(2)19(9-12(3)20)15(21)7-14-10-22-16(18-14)13-5-4-6-17-8-13/h4-6,8,10-12,20H,7,9H2,1-3H3. The van der Waals surface area contributed by atoms with Gasteiger partial charge in [0.25, 0.3) is 0 Å². The van der Waals surface area contributed by atoms with Crippen LogP contribution < -0.4 is 0 Å². The molecule has 2 rings (SSSR count). The molecule has 5 nitrogen and oxygen atoms in total. The Bertz CT molecular complexity index is 611. The molecule has 1 unspecified atom stereocenters. The number of carbonyl (C=O) groups excluding carboxylic acids is 1. The van der Waals surface area contributed by atoms with Crippen LogP contribution in [0, 0.1) is 0 Å². The number of hydrogen-bond donors (Lipinski definition) is 1. The molecular weight excluding hydrogens is 298 g/mol. The van der Waals surface area contributed by atoms with Crippen molar-refractivity contribution in [2.75, 3.05) is 6.54 Å². The first-order valence-corrected chi connectivity index (χ1v) is 8.17. The highest BCUT2D eigenvalue weighted by molar-refractivity contribution is 7.13. The summed E-state index contributed by atoms with van der Waals surface area (Å²) < 4.78 is 0. The summed E-state index contributed by atoms with van der Waals surface area (Å²) in [6.45, 7) is 5.92. The third-order valence-corrected chi connectivity index (χ3v) is 4.14. The fourth-order valence-corrected chi connectivity index (χ4v) is 2.96. The predicted molar refractivity (Wildman–Crippen MR) is 87.6 cm³/mol. The summed E-state index contributed by atoms with van der Waals surface area (Å²) in [5.74, 6) is -0.0149. The minimum absolute atomic E-state index is 0.0149. The molecule has 2 aromatic rings. The highest BCUT2D eigenvalue weighted by Gasteiger charge is 2.20. The van der Waals surface area contributed by atoms with Gasteiger partial charge < -0.3 is 10.0 Å². The number of rotatable bonds is 6. The van der Waals surface area contributed by atoms with E-state index in [1.807, 2.05) is 31.4 Å². The van der Waals surface area contributed by atoms with Gasteiger partial charge in [-0.2, -0.15) is 0 Å². The lowest BCUT2D eigenvalue weighted by molar-refractivity contribution is -0.133. The molecule has 0 aliphatic rings. The molecule has 6 heteroatoms. The minimum atomic E-state index is -0.535. The Labute approximate surface area is 134 Å². The van der Waals surface area contributed by atoms with E-state index >= 15 is 0 Å². The zero-order chi connectivity index (χ0) is 16.1. The number of amides is 1. The number of thiazole rings is 1. The molecule has 22 heavy (non-hydrogen) atoms. The molecule has 2 heterocycles. The van der Waals surface area contributed by atoms with Gasteiger partial charge >= 0.3 is 0 Å². The van der Waals surface area contributed by atoms with Crippen molar-refractivity contribution in [1.82, 2.24) is 14.9 Å². The summed E-state index contributed by atoms with van der Waals surface area (Å²) in [7, 11) is 0. The molecular formula is C16H21N3O2S. The molecule has 0 fully saturated rings. The third kappa shape index (κ3) is 4.35. The van der Waals surface area contributed by atoms with Crippen LogP contribution in [0.4, 0.5) is 0 Å². The maximum atomic E-state index is 12.4. The largest absolute Gasteiger partial charge is 0.392 e. The number of nitrogens with zero attached hydrogens (tertiary/aromatic N) is 3. The first-order chi connectivity index (χ1) is 10.5. The summed E-state index contributed by atoms with van der Waals surface area (Å²) >= 11 is 1.51. The Balaban J connectivity index is 2.07. The molecule has 1 atom stereocenters. The van der Waals surface area contributed by atoms with Crippen LogP contribution in [-0.2, 0) is 11.2 Å². The van der Waals surface area contributed by atoms with Gasteiger partial charge in [0.1, 0.15) is 5.01 Å². The van der Waals surface area contributed by atoms with Crippen LogP contribution in [0.5, 0.6) is 0 Å². The van der Waals surface area contributed by atoms with Gasteiger partial charge in [-0.25, -0.2) is 4.98 Å². The second kappa shape index (κ2) is 7.47. The van der Waals surface area contributed by atoms with Gasteiger partial charge in [-0.15, -0.1) is 11.3 Å². The molecule has 1 N–H and O–H groups in total. The van der Waals surface area contributed by atoms with E-state index in [2.05, 4.69) is 9.97 Å². The number of pyridine rings is 1. The fourth-order valence-electron chi connectivity index (χ4n) is 2.15. The van der Waals surface area contributed by atoms with Crippen molar-refractivity contribution in [1.29, 1.82) is 0 Å². The lowest BCUT2D eigenvalue weighted by Crippen LogP contribution is -2.42. The third-order valence-electron chi connectivity index (χ3n) is 3.20. The molecule has 0 radical (unpaired) electrons. The van der Waals surface area contributed by atoms with Crippen molar-refractivity contribution in [2.24, 2.45) is 0 Å². The van der Waals surface area contributed by atoms with Crippen LogP contribution in [0.25, 0.3) is 10.6 Å². The summed E-state index contributed by atoms with van der Waals surface area (Å²) in [5, 5.41) is 12.3. The van der Waals surface area contributed by atoms with Crippen LogP contribution in [0.1, 0.15) is 26.5 Å². The molecule has 0 saturated carbocycles. The van der Waals surface area contributed by atoms with E-state index in [1.54, 1.807) is 24.2 Å². The van der Waals surface area contributed by atoms with E-state index in [0.29, 0.717) is 6.54 Å². The quantitative estimate of drug-likeness (QED) is 0.887.